The molecule has 6 nitrogen and oxygen atoms in total. The van der Waals surface area contributed by atoms with Crippen LogP contribution >= 0.6 is 22.7 Å². The Balaban J connectivity index is 1.39. The van der Waals surface area contributed by atoms with Crippen LogP contribution in [0.15, 0.2) is 77.5 Å². The number of aromatic nitrogens is 1. The second-order valence-corrected chi connectivity index (χ2v) is 10.5. The van der Waals surface area contributed by atoms with Crippen LogP contribution in [-0.4, -0.2) is 36.1 Å². The Morgan fingerprint density at radius 2 is 1.74 bits per heavy atom. The lowest BCUT2D eigenvalue weighted by molar-refractivity contribution is -0.123. The van der Waals surface area contributed by atoms with E-state index < -0.39 is 12.0 Å². The predicted molar refractivity (Wildman–Crippen MR) is 140 cm³/mol. The van der Waals surface area contributed by atoms with Gasteiger partial charge in [-0.1, -0.05) is 42.5 Å². The number of carbonyl (C=O) groups excluding carboxylic acids is 2. The number of amides is 2. The lowest BCUT2D eigenvalue weighted by atomic mass is 9.95. The Kier molecular flexibility index (Phi) is 7.42. The summed E-state index contributed by atoms with van der Waals surface area (Å²) in [7, 11) is 0. The monoisotopic (exact) mass is 505 g/mol. The highest BCUT2D eigenvalue weighted by Crippen LogP contribution is 2.36. The van der Waals surface area contributed by atoms with E-state index in [0.29, 0.717) is 12.2 Å². The Labute approximate surface area is 212 Å². The van der Waals surface area contributed by atoms with Gasteiger partial charge in [-0.2, -0.15) is 0 Å². The molecule has 180 valence electrons. The third kappa shape index (κ3) is 5.56. The summed E-state index contributed by atoms with van der Waals surface area (Å²) in [4.78, 5) is 32.0. The van der Waals surface area contributed by atoms with E-state index in [-0.39, 0.29) is 17.9 Å². The molecule has 3 aromatic heterocycles. The van der Waals surface area contributed by atoms with Crippen LogP contribution in [0.4, 0.5) is 0 Å². The third-order valence-electron chi connectivity index (χ3n) is 6.15. The fourth-order valence-corrected chi connectivity index (χ4v) is 6.04. The Morgan fingerprint density at radius 3 is 2.43 bits per heavy atom. The van der Waals surface area contributed by atoms with Crippen LogP contribution in [0.1, 0.15) is 45.0 Å². The van der Waals surface area contributed by atoms with Gasteiger partial charge in [0.15, 0.2) is 0 Å². The zero-order chi connectivity index (χ0) is 24.0. The summed E-state index contributed by atoms with van der Waals surface area (Å²) in [5.41, 5.74) is 2.33. The van der Waals surface area contributed by atoms with E-state index in [1.54, 1.807) is 6.07 Å². The average molecular weight is 506 g/mol. The van der Waals surface area contributed by atoms with Crippen LogP contribution in [0.2, 0.25) is 0 Å². The molecule has 1 aliphatic heterocycles. The number of H-pyrrole nitrogens is 1. The number of aromatic amines is 1. The maximum Gasteiger partial charge on any atom is 0.268 e. The van der Waals surface area contributed by atoms with E-state index in [1.165, 1.54) is 22.7 Å². The molecule has 1 fully saturated rings. The molecule has 8 heteroatoms. The van der Waals surface area contributed by atoms with Crippen molar-refractivity contribution in [2.45, 2.75) is 30.9 Å². The van der Waals surface area contributed by atoms with Gasteiger partial charge >= 0.3 is 0 Å². The van der Waals surface area contributed by atoms with Gasteiger partial charge in [-0.15, -0.1) is 22.7 Å². The van der Waals surface area contributed by atoms with Crippen molar-refractivity contribution in [3.05, 3.63) is 92.9 Å². The highest BCUT2D eigenvalue weighted by atomic mass is 32.1. The zero-order valence-corrected chi connectivity index (χ0v) is 20.7. The summed E-state index contributed by atoms with van der Waals surface area (Å²) < 4.78 is 5.68. The maximum absolute atomic E-state index is 13.5. The molecule has 0 bridgehead atoms. The SMILES string of the molecule is O=C(NC(c1cccs1)C(C(=O)NCC1CCCO1)c1cccs1)c1ccc(-c2ccccc2)[nH]1. The summed E-state index contributed by atoms with van der Waals surface area (Å²) in [6.07, 6.45) is 2.02. The largest absolute Gasteiger partial charge is 0.376 e. The van der Waals surface area contributed by atoms with Crippen LogP contribution in [0.25, 0.3) is 11.3 Å². The second-order valence-electron chi connectivity index (χ2n) is 8.49. The Hall–Kier alpha value is -3.20. The quantitative estimate of drug-likeness (QED) is 0.287. The van der Waals surface area contributed by atoms with Crippen molar-refractivity contribution in [1.29, 1.82) is 0 Å². The average Bonchev–Trinajstić information content (AvgIpc) is 3.71. The van der Waals surface area contributed by atoms with Crippen molar-refractivity contribution in [2.75, 3.05) is 13.2 Å². The van der Waals surface area contributed by atoms with Crippen LogP contribution < -0.4 is 10.6 Å². The number of benzene rings is 1. The molecule has 1 aromatic carbocycles. The predicted octanol–water partition coefficient (Wildman–Crippen LogP) is 5.35. The van der Waals surface area contributed by atoms with Gasteiger partial charge in [-0.25, -0.2) is 0 Å². The van der Waals surface area contributed by atoms with Crippen LogP contribution in [0, 0.1) is 0 Å². The van der Waals surface area contributed by atoms with Gasteiger partial charge in [0.1, 0.15) is 5.69 Å². The summed E-state index contributed by atoms with van der Waals surface area (Å²) in [6.45, 7) is 1.22. The van der Waals surface area contributed by atoms with E-state index >= 15 is 0 Å². The van der Waals surface area contributed by atoms with E-state index in [0.717, 1.165) is 40.5 Å². The molecule has 3 N–H and O–H groups in total. The maximum atomic E-state index is 13.5. The Morgan fingerprint density at radius 1 is 0.971 bits per heavy atom. The second kappa shape index (κ2) is 11.0. The van der Waals surface area contributed by atoms with Crippen molar-refractivity contribution in [2.24, 2.45) is 0 Å². The normalized spacial score (nSPS) is 17.1. The molecule has 4 heterocycles. The fourth-order valence-electron chi connectivity index (χ4n) is 4.36. The topological polar surface area (TPSA) is 83.2 Å². The number of thiophene rings is 2. The van der Waals surface area contributed by atoms with Crippen molar-refractivity contribution in [3.8, 4) is 11.3 Å². The molecule has 4 aromatic rings. The fraction of sp³-hybridized carbons (Fsp3) is 0.259. The lowest BCUT2D eigenvalue weighted by Crippen LogP contribution is -2.41. The minimum atomic E-state index is -0.553. The van der Waals surface area contributed by atoms with Gasteiger partial charge in [-0.3, -0.25) is 9.59 Å². The van der Waals surface area contributed by atoms with Gasteiger partial charge in [0.25, 0.3) is 5.91 Å². The first-order valence-corrected chi connectivity index (χ1v) is 13.5. The van der Waals surface area contributed by atoms with Gasteiger partial charge in [0.05, 0.1) is 18.1 Å². The standard InChI is InChI=1S/C27H27N3O3S2/c31-26(21-13-12-20(29-21)18-7-2-1-3-8-18)30-25(23-11-6-16-35-23)24(22-10-5-15-34-22)27(32)28-17-19-9-4-14-33-19/h1-3,5-8,10-13,15-16,19,24-25,29H,4,9,14,17H2,(H,28,32)(H,30,31). The van der Waals surface area contributed by atoms with E-state index in [9.17, 15) is 9.59 Å². The number of ether oxygens (including phenoxy) is 1. The molecule has 5 rings (SSSR count). The smallest absolute Gasteiger partial charge is 0.268 e. The molecule has 0 radical (unpaired) electrons. The van der Waals surface area contributed by atoms with Crippen molar-refractivity contribution >= 4 is 34.5 Å². The molecule has 35 heavy (non-hydrogen) atoms. The van der Waals surface area contributed by atoms with Crippen molar-refractivity contribution in [1.82, 2.24) is 15.6 Å². The van der Waals surface area contributed by atoms with Crippen LogP contribution in [0.3, 0.4) is 0 Å². The first-order chi connectivity index (χ1) is 17.2. The van der Waals surface area contributed by atoms with Crippen LogP contribution in [0.5, 0.6) is 0 Å². The lowest BCUT2D eigenvalue weighted by Gasteiger charge is -2.26. The Bertz CT molecular complexity index is 1230. The molecule has 3 atom stereocenters. The summed E-state index contributed by atoms with van der Waals surface area (Å²) in [6, 6.07) is 20.8. The molecule has 0 aliphatic carbocycles. The third-order valence-corrected chi connectivity index (χ3v) is 8.06. The summed E-state index contributed by atoms with van der Waals surface area (Å²) in [5, 5.41) is 10.2. The van der Waals surface area contributed by atoms with E-state index in [2.05, 4.69) is 15.6 Å². The van der Waals surface area contributed by atoms with Gasteiger partial charge in [0, 0.05) is 28.6 Å². The summed E-state index contributed by atoms with van der Waals surface area (Å²) in [5.74, 6) is -0.917. The van der Waals surface area contributed by atoms with Gasteiger partial charge in [-0.05, 0) is 53.4 Å². The van der Waals surface area contributed by atoms with Gasteiger partial charge in [0.2, 0.25) is 5.91 Å². The van der Waals surface area contributed by atoms with E-state index in [4.69, 9.17) is 4.74 Å². The molecule has 3 unspecified atom stereocenters. The minimum Gasteiger partial charge on any atom is -0.376 e. The summed E-state index contributed by atoms with van der Waals surface area (Å²) >= 11 is 3.05. The number of hydrogen-bond acceptors (Lipinski definition) is 5. The first kappa shape index (κ1) is 23.5. The molecule has 0 spiro atoms. The van der Waals surface area contributed by atoms with Crippen LogP contribution in [-0.2, 0) is 9.53 Å². The van der Waals surface area contributed by atoms with Gasteiger partial charge < -0.3 is 20.4 Å². The van der Waals surface area contributed by atoms with Crippen molar-refractivity contribution < 1.29 is 14.3 Å². The first-order valence-electron chi connectivity index (χ1n) is 11.7. The van der Waals surface area contributed by atoms with Crippen molar-refractivity contribution in [3.63, 3.8) is 0 Å². The molecular formula is C27H27N3O3S2. The number of nitrogens with one attached hydrogen (secondary N) is 3. The molecule has 1 aliphatic rings. The highest BCUT2D eigenvalue weighted by Gasteiger charge is 2.35. The number of rotatable bonds is 9. The number of carbonyl (C=O) groups is 2. The molecular weight excluding hydrogens is 478 g/mol. The number of hydrogen-bond donors (Lipinski definition) is 3. The minimum absolute atomic E-state index is 0.0491. The molecule has 2 amide bonds. The molecule has 0 saturated carbocycles. The molecule has 1 saturated heterocycles. The zero-order valence-electron chi connectivity index (χ0n) is 19.1. The highest BCUT2D eigenvalue weighted by molar-refractivity contribution is 7.10. The van der Waals surface area contributed by atoms with E-state index in [1.807, 2.05) is 71.4 Å².